The normalized spacial score (nSPS) is 18.3. The van der Waals surface area contributed by atoms with E-state index in [1.807, 2.05) is 18.2 Å². The second-order valence-corrected chi connectivity index (χ2v) is 6.99. The summed E-state index contributed by atoms with van der Waals surface area (Å²) >= 11 is 5.55. The van der Waals surface area contributed by atoms with Crippen molar-refractivity contribution in [1.82, 2.24) is 19.7 Å². The van der Waals surface area contributed by atoms with Gasteiger partial charge in [0.1, 0.15) is 0 Å². The highest BCUT2D eigenvalue weighted by Crippen LogP contribution is 2.28. The third-order valence-corrected chi connectivity index (χ3v) is 5.12. The molecule has 0 spiro atoms. The van der Waals surface area contributed by atoms with Crippen LogP contribution in [-0.2, 0) is 6.54 Å². The molecule has 128 valence electrons. The van der Waals surface area contributed by atoms with Gasteiger partial charge in [0, 0.05) is 18.7 Å². The number of rotatable bonds is 4. The number of nitrogens with one attached hydrogen (secondary N) is 1. The fourth-order valence-electron chi connectivity index (χ4n) is 3.66. The zero-order valence-electron chi connectivity index (χ0n) is 14.1. The summed E-state index contributed by atoms with van der Waals surface area (Å²) in [5.41, 5.74) is 2.47. The number of aromatic nitrogens is 3. The highest BCUT2D eigenvalue weighted by molar-refractivity contribution is 7.71. The van der Waals surface area contributed by atoms with Crippen LogP contribution >= 0.6 is 12.2 Å². The van der Waals surface area contributed by atoms with Gasteiger partial charge in [0.15, 0.2) is 10.6 Å². The van der Waals surface area contributed by atoms with E-state index < -0.39 is 0 Å². The van der Waals surface area contributed by atoms with Gasteiger partial charge in [-0.25, -0.2) is 0 Å². The summed E-state index contributed by atoms with van der Waals surface area (Å²) in [6, 6.07) is 21.3. The minimum absolute atomic E-state index is 0.360. The van der Waals surface area contributed by atoms with E-state index in [1.54, 1.807) is 0 Å². The summed E-state index contributed by atoms with van der Waals surface area (Å²) in [7, 11) is 0. The van der Waals surface area contributed by atoms with Crippen molar-refractivity contribution in [3.8, 4) is 11.4 Å². The van der Waals surface area contributed by atoms with Crippen LogP contribution in [0.4, 0.5) is 0 Å². The topological polar surface area (TPSA) is 36.9 Å². The van der Waals surface area contributed by atoms with Crippen LogP contribution in [0, 0.1) is 4.77 Å². The first kappa shape index (κ1) is 16.2. The number of aromatic amines is 1. The summed E-state index contributed by atoms with van der Waals surface area (Å²) < 4.78 is 2.92. The smallest absolute Gasteiger partial charge is 0.195 e. The van der Waals surface area contributed by atoms with E-state index in [0.29, 0.717) is 10.8 Å². The Hall–Kier alpha value is -2.24. The molecule has 1 saturated heterocycles. The van der Waals surface area contributed by atoms with Crippen LogP contribution in [0.3, 0.4) is 0 Å². The lowest BCUT2D eigenvalue weighted by Gasteiger charge is -2.33. The molecule has 0 saturated carbocycles. The van der Waals surface area contributed by atoms with Gasteiger partial charge >= 0.3 is 0 Å². The van der Waals surface area contributed by atoms with Gasteiger partial charge in [0.05, 0.1) is 6.04 Å². The summed E-state index contributed by atoms with van der Waals surface area (Å²) in [6.45, 7) is 3.13. The largest absolute Gasteiger partial charge is 0.297 e. The first-order chi connectivity index (χ1) is 12.3. The predicted molar refractivity (Wildman–Crippen MR) is 103 cm³/mol. The van der Waals surface area contributed by atoms with E-state index in [1.165, 1.54) is 12.0 Å². The van der Waals surface area contributed by atoms with E-state index in [4.69, 9.17) is 12.2 Å². The van der Waals surface area contributed by atoms with E-state index in [2.05, 4.69) is 62.1 Å². The van der Waals surface area contributed by atoms with Gasteiger partial charge in [-0.05, 0) is 37.2 Å². The second kappa shape index (κ2) is 7.33. The molecule has 0 bridgehead atoms. The van der Waals surface area contributed by atoms with Crippen molar-refractivity contribution in [2.75, 3.05) is 13.1 Å². The number of benzene rings is 2. The van der Waals surface area contributed by atoms with Crippen LogP contribution < -0.4 is 0 Å². The average Bonchev–Trinajstić information content (AvgIpc) is 3.05. The van der Waals surface area contributed by atoms with Crippen molar-refractivity contribution in [3.05, 3.63) is 71.0 Å². The maximum Gasteiger partial charge on any atom is 0.195 e. The molecule has 1 fully saturated rings. The van der Waals surface area contributed by atoms with Gasteiger partial charge in [0.2, 0.25) is 0 Å². The molecule has 1 N–H and O–H groups in total. The number of nitrogens with zero attached hydrogens (tertiary/aromatic N) is 3. The number of piperidine rings is 1. The van der Waals surface area contributed by atoms with Crippen molar-refractivity contribution in [2.45, 2.75) is 25.4 Å². The molecule has 0 amide bonds. The van der Waals surface area contributed by atoms with E-state index >= 15 is 0 Å². The summed E-state index contributed by atoms with van der Waals surface area (Å²) in [6.07, 6.45) is 2.32. The monoisotopic (exact) mass is 350 g/mol. The zero-order valence-corrected chi connectivity index (χ0v) is 15.0. The number of H-pyrrole nitrogens is 1. The number of hydrogen-bond donors (Lipinski definition) is 1. The van der Waals surface area contributed by atoms with Crippen molar-refractivity contribution in [1.29, 1.82) is 0 Å². The average molecular weight is 350 g/mol. The highest BCUT2D eigenvalue weighted by Gasteiger charge is 2.24. The van der Waals surface area contributed by atoms with Gasteiger partial charge in [-0.1, -0.05) is 60.7 Å². The summed E-state index contributed by atoms with van der Waals surface area (Å²) in [4.78, 5) is 2.52. The van der Waals surface area contributed by atoms with Crippen molar-refractivity contribution >= 4 is 12.2 Å². The van der Waals surface area contributed by atoms with Gasteiger partial charge in [-0.3, -0.25) is 14.6 Å². The van der Waals surface area contributed by atoms with Crippen molar-refractivity contribution in [2.24, 2.45) is 0 Å². The maximum atomic E-state index is 5.55. The Labute approximate surface area is 153 Å². The second-order valence-electron chi connectivity index (χ2n) is 6.61. The molecule has 3 aromatic rings. The molecule has 1 aliphatic rings. The van der Waals surface area contributed by atoms with E-state index in [9.17, 15) is 0 Å². The van der Waals surface area contributed by atoms with Gasteiger partial charge < -0.3 is 0 Å². The van der Waals surface area contributed by atoms with Gasteiger partial charge in [-0.15, -0.1) is 0 Å². The minimum atomic E-state index is 0.360. The molecular weight excluding hydrogens is 328 g/mol. The lowest BCUT2D eigenvalue weighted by Crippen LogP contribution is -2.36. The quantitative estimate of drug-likeness (QED) is 0.707. The summed E-state index contributed by atoms with van der Waals surface area (Å²) in [5.74, 6) is 0.942. The molecule has 1 unspecified atom stereocenters. The van der Waals surface area contributed by atoms with Crippen LogP contribution in [0.2, 0.25) is 0 Å². The first-order valence-electron chi connectivity index (χ1n) is 8.80. The van der Waals surface area contributed by atoms with Crippen molar-refractivity contribution in [3.63, 3.8) is 0 Å². The van der Waals surface area contributed by atoms with Crippen LogP contribution in [0.1, 0.15) is 24.4 Å². The van der Waals surface area contributed by atoms with Crippen LogP contribution in [0.15, 0.2) is 60.7 Å². The minimum Gasteiger partial charge on any atom is -0.297 e. The van der Waals surface area contributed by atoms with Crippen LogP contribution in [0.25, 0.3) is 11.4 Å². The Balaban J connectivity index is 1.58. The fraction of sp³-hybridized carbons (Fsp3) is 0.300. The Morgan fingerprint density at radius 2 is 1.76 bits per heavy atom. The predicted octanol–water partition coefficient (Wildman–Crippen LogP) is 4.44. The number of likely N-dealkylation sites (tertiary alicyclic amines) is 1. The lowest BCUT2D eigenvalue weighted by atomic mass is 10.0. The highest BCUT2D eigenvalue weighted by atomic mass is 32.1. The molecule has 1 atom stereocenters. The molecular formula is C20H22N4S. The molecule has 25 heavy (non-hydrogen) atoms. The van der Waals surface area contributed by atoms with Crippen LogP contribution in [0.5, 0.6) is 0 Å². The Kier molecular flexibility index (Phi) is 4.76. The maximum absolute atomic E-state index is 5.55. The molecule has 1 aromatic heterocycles. The third-order valence-electron chi connectivity index (χ3n) is 4.83. The molecule has 0 radical (unpaired) electrons. The van der Waals surface area contributed by atoms with Gasteiger partial charge in [-0.2, -0.15) is 5.10 Å². The summed E-state index contributed by atoms with van der Waals surface area (Å²) in [5, 5.41) is 7.49. The fourth-order valence-corrected chi connectivity index (χ4v) is 3.94. The first-order valence-corrected chi connectivity index (χ1v) is 9.21. The Bertz CT molecular complexity index is 869. The Morgan fingerprint density at radius 3 is 2.52 bits per heavy atom. The number of hydrogen-bond acceptors (Lipinski definition) is 3. The molecule has 0 aliphatic carbocycles. The molecule has 2 aromatic carbocycles. The lowest BCUT2D eigenvalue weighted by molar-refractivity contribution is 0.170. The zero-order chi connectivity index (χ0) is 17.1. The van der Waals surface area contributed by atoms with E-state index in [-0.39, 0.29) is 0 Å². The molecule has 2 heterocycles. The van der Waals surface area contributed by atoms with Crippen molar-refractivity contribution < 1.29 is 0 Å². The SMILES string of the molecule is S=c1[nH]nc(-c2ccccc2)n1C1CCCN(Cc2ccccc2)C1. The Morgan fingerprint density at radius 1 is 1.04 bits per heavy atom. The van der Waals surface area contributed by atoms with Crippen LogP contribution in [-0.4, -0.2) is 32.8 Å². The molecule has 5 heteroatoms. The van der Waals surface area contributed by atoms with E-state index in [0.717, 1.165) is 37.4 Å². The standard InChI is InChI=1S/C20H22N4S/c25-20-22-21-19(17-10-5-2-6-11-17)24(20)18-12-7-13-23(15-18)14-16-8-3-1-4-9-16/h1-6,8-11,18H,7,12-15H2,(H,22,25). The third kappa shape index (κ3) is 3.57. The molecule has 4 nitrogen and oxygen atoms in total. The molecule has 1 aliphatic heterocycles. The van der Waals surface area contributed by atoms with Gasteiger partial charge in [0.25, 0.3) is 0 Å². The molecule has 4 rings (SSSR count).